The SMILES string of the molecule is CCc1ccc(N(C)C(CN)c2ccc(F)c(Br)c2)cc1. The van der Waals surface area contributed by atoms with Gasteiger partial charge in [-0.3, -0.25) is 0 Å². The first kappa shape index (κ1) is 16.0. The Morgan fingerprint density at radius 2 is 1.86 bits per heavy atom. The number of anilines is 1. The molecule has 0 aromatic heterocycles. The molecule has 0 aliphatic heterocycles. The van der Waals surface area contributed by atoms with E-state index in [1.807, 2.05) is 7.05 Å². The largest absolute Gasteiger partial charge is 0.366 e. The zero-order valence-electron chi connectivity index (χ0n) is 12.3. The zero-order valence-corrected chi connectivity index (χ0v) is 13.9. The Morgan fingerprint density at radius 1 is 1.19 bits per heavy atom. The highest BCUT2D eigenvalue weighted by Gasteiger charge is 2.17. The lowest BCUT2D eigenvalue weighted by Crippen LogP contribution is -2.30. The van der Waals surface area contributed by atoms with Crippen LogP contribution in [0.15, 0.2) is 46.9 Å². The minimum Gasteiger partial charge on any atom is -0.366 e. The van der Waals surface area contributed by atoms with Crippen LogP contribution in [0, 0.1) is 5.82 Å². The van der Waals surface area contributed by atoms with Crippen molar-refractivity contribution >= 4 is 21.6 Å². The number of benzene rings is 2. The van der Waals surface area contributed by atoms with Crippen LogP contribution < -0.4 is 10.6 Å². The molecule has 0 saturated carbocycles. The first-order valence-electron chi connectivity index (χ1n) is 7.03. The average Bonchev–Trinajstić information content (AvgIpc) is 2.51. The van der Waals surface area contributed by atoms with Gasteiger partial charge in [0.15, 0.2) is 0 Å². The lowest BCUT2D eigenvalue weighted by Gasteiger charge is -2.30. The molecule has 1 atom stereocenters. The van der Waals surface area contributed by atoms with Gasteiger partial charge in [-0.2, -0.15) is 0 Å². The number of nitrogens with zero attached hydrogens (tertiary/aromatic N) is 1. The van der Waals surface area contributed by atoms with Gasteiger partial charge in [-0.15, -0.1) is 0 Å². The predicted octanol–water partition coefficient (Wildman–Crippen LogP) is 4.29. The normalized spacial score (nSPS) is 12.2. The van der Waals surface area contributed by atoms with E-state index in [9.17, 15) is 4.39 Å². The summed E-state index contributed by atoms with van der Waals surface area (Å²) in [5.41, 5.74) is 9.34. The quantitative estimate of drug-likeness (QED) is 0.871. The minimum atomic E-state index is -0.260. The zero-order chi connectivity index (χ0) is 15.4. The molecule has 2 nitrogen and oxygen atoms in total. The van der Waals surface area contributed by atoms with Crippen molar-refractivity contribution in [1.29, 1.82) is 0 Å². The first-order chi connectivity index (χ1) is 10.1. The van der Waals surface area contributed by atoms with Crippen molar-refractivity contribution in [3.63, 3.8) is 0 Å². The van der Waals surface area contributed by atoms with Crippen LogP contribution >= 0.6 is 15.9 Å². The summed E-state index contributed by atoms with van der Waals surface area (Å²) in [5.74, 6) is -0.260. The molecule has 0 aliphatic rings. The van der Waals surface area contributed by atoms with Crippen molar-refractivity contribution in [3.8, 4) is 0 Å². The molecule has 0 fully saturated rings. The molecule has 2 rings (SSSR count). The van der Waals surface area contributed by atoms with E-state index in [-0.39, 0.29) is 11.9 Å². The molecule has 2 aromatic rings. The van der Waals surface area contributed by atoms with Crippen LogP contribution in [0.1, 0.15) is 24.1 Å². The van der Waals surface area contributed by atoms with Crippen LogP contribution in [0.3, 0.4) is 0 Å². The van der Waals surface area contributed by atoms with E-state index in [0.717, 1.165) is 17.7 Å². The molecule has 0 aliphatic carbocycles. The van der Waals surface area contributed by atoms with Crippen molar-refractivity contribution in [2.45, 2.75) is 19.4 Å². The third-order valence-electron chi connectivity index (χ3n) is 3.77. The Morgan fingerprint density at radius 3 is 2.38 bits per heavy atom. The lowest BCUT2D eigenvalue weighted by atomic mass is 10.0. The highest BCUT2D eigenvalue weighted by molar-refractivity contribution is 9.10. The van der Waals surface area contributed by atoms with E-state index in [1.54, 1.807) is 12.1 Å². The number of likely N-dealkylation sites (N-methyl/N-ethyl adjacent to an activating group) is 1. The summed E-state index contributed by atoms with van der Waals surface area (Å²) in [7, 11) is 2.01. The summed E-state index contributed by atoms with van der Waals surface area (Å²) < 4.78 is 13.8. The molecular formula is C17H20BrFN2. The van der Waals surface area contributed by atoms with E-state index in [2.05, 4.69) is 52.0 Å². The monoisotopic (exact) mass is 350 g/mol. The topological polar surface area (TPSA) is 29.3 Å². The highest BCUT2D eigenvalue weighted by Crippen LogP contribution is 2.28. The minimum absolute atomic E-state index is 0.00868. The number of aryl methyl sites for hydroxylation is 1. The molecule has 112 valence electrons. The fraction of sp³-hybridized carbons (Fsp3) is 0.294. The number of nitrogens with two attached hydrogens (primary N) is 1. The molecule has 0 radical (unpaired) electrons. The fourth-order valence-corrected chi connectivity index (χ4v) is 2.78. The summed E-state index contributed by atoms with van der Waals surface area (Å²) in [4.78, 5) is 2.12. The Hall–Kier alpha value is -1.39. The maximum Gasteiger partial charge on any atom is 0.137 e. The summed E-state index contributed by atoms with van der Waals surface area (Å²) in [6.45, 7) is 2.60. The lowest BCUT2D eigenvalue weighted by molar-refractivity contribution is 0.616. The van der Waals surface area contributed by atoms with Crippen molar-refractivity contribution in [3.05, 3.63) is 63.9 Å². The van der Waals surface area contributed by atoms with Gasteiger partial charge in [0.1, 0.15) is 5.82 Å². The van der Waals surface area contributed by atoms with Crippen molar-refractivity contribution in [2.75, 3.05) is 18.5 Å². The molecule has 1 unspecified atom stereocenters. The average molecular weight is 351 g/mol. The number of halogens is 2. The smallest absolute Gasteiger partial charge is 0.137 e. The number of hydrogen-bond donors (Lipinski definition) is 1. The van der Waals surface area contributed by atoms with Gasteiger partial charge >= 0.3 is 0 Å². The third-order valence-corrected chi connectivity index (χ3v) is 4.38. The predicted molar refractivity (Wildman–Crippen MR) is 90.1 cm³/mol. The molecule has 0 saturated heterocycles. The molecule has 0 heterocycles. The highest BCUT2D eigenvalue weighted by atomic mass is 79.9. The molecule has 0 spiro atoms. The standard InChI is InChI=1S/C17H20BrFN2/c1-3-12-4-7-14(8-5-12)21(2)17(11-20)13-6-9-16(19)15(18)10-13/h4-10,17H,3,11,20H2,1-2H3. The second-order valence-corrected chi connectivity index (χ2v) is 5.91. The van der Waals surface area contributed by atoms with Gasteiger partial charge in [0.25, 0.3) is 0 Å². The maximum absolute atomic E-state index is 13.4. The van der Waals surface area contributed by atoms with Crippen molar-refractivity contribution in [2.24, 2.45) is 5.73 Å². The van der Waals surface area contributed by atoms with Gasteiger partial charge in [0, 0.05) is 19.3 Å². The summed E-state index contributed by atoms with van der Waals surface area (Å²) >= 11 is 3.23. The van der Waals surface area contributed by atoms with Crippen LogP contribution in [-0.4, -0.2) is 13.6 Å². The first-order valence-corrected chi connectivity index (χ1v) is 7.83. The van der Waals surface area contributed by atoms with Gasteiger partial charge in [0.05, 0.1) is 10.5 Å². The second-order valence-electron chi connectivity index (χ2n) is 5.06. The van der Waals surface area contributed by atoms with Crippen LogP contribution in [0.25, 0.3) is 0 Å². The fourth-order valence-electron chi connectivity index (χ4n) is 2.38. The molecule has 21 heavy (non-hydrogen) atoms. The molecule has 0 bridgehead atoms. The van der Waals surface area contributed by atoms with Crippen LogP contribution in [-0.2, 0) is 6.42 Å². The van der Waals surface area contributed by atoms with Gasteiger partial charge in [-0.1, -0.05) is 25.1 Å². The number of hydrogen-bond acceptors (Lipinski definition) is 2. The summed E-state index contributed by atoms with van der Waals surface area (Å²) in [6, 6.07) is 13.5. The van der Waals surface area contributed by atoms with E-state index in [4.69, 9.17) is 5.73 Å². The Balaban J connectivity index is 2.28. The van der Waals surface area contributed by atoms with E-state index in [1.165, 1.54) is 11.6 Å². The van der Waals surface area contributed by atoms with Gasteiger partial charge in [-0.25, -0.2) is 4.39 Å². The summed E-state index contributed by atoms with van der Waals surface area (Å²) in [5, 5.41) is 0. The van der Waals surface area contributed by atoms with E-state index in [0.29, 0.717) is 11.0 Å². The van der Waals surface area contributed by atoms with Gasteiger partial charge < -0.3 is 10.6 Å². The Labute approximate surface area is 133 Å². The van der Waals surface area contributed by atoms with Crippen molar-refractivity contribution < 1.29 is 4.39 Å². The second kappa shape index (κ2) is 7.05. The molecule has 2 aromatic carbocycles. The van der Waals surface area contributed by atoms with Crippen LogP contribution in [0.5, 0.6) is 0 Å². The van der Waals surface area contributed by atoms with Gasteiger partial charge in [0.2, 0.25) is 0 Å². The molecule has 4 heteroatoms. The van der Waals surface area contributed by atoms with Crippen LogP contribution in [0.2, 0.25) is 0 Å². The van der Waals surface area contributed by atoms with Crippen LogP contribution in [0.4, 0.5) is 10.1 Å². The molecule has 0 amide bonds. The van der Waals surface area contributed by atoms with E-state index < -0.39 is 0 Å². The Kier molecular flexibility index (Phi) is 5.37. The van der Waals surface area contributed by atoms with E-state index >= 15 is 0 Å². The van der Waals surface area contributed by atoms with Gasteiger partial charge in [-0.05, 0) is 57.7 Å². The summed E-state index contributed by atoms with van der Waals surface area (Å²) in [6.07, 6.45) is 1.02. The molecule has 2 N–H and O–H groups in total. The third kappa shape index (κ3) is 3.63. The van der Waals surface area contributed by atoms with Crippen molar-refractivity contribution in [1.82, 2.24) is 0 Å². The Bertz CT molecular complexity index is 598. The maximum atomic E-state index is 13.4. The number of rotatable bonds is 5. The molecular weight excluding hydrogens is 331 g/mol.